The third-order valence-corrected chi connectivity index (χ3v) is 3.37. The molecule has 17 heavy (non-hydrogen) atoms. The fraction of sp³-hybridized carbons (Fsp3) is 0.125. The van der Waals surface area contributed by atoms with E-state index in [4.69, 9.17) is 21.7 Å². The lowest BCUT2D eigenvalue weighted by Crippen LogP contribution is -2.08. The molecule has 2 N–H and O–H groups in total. The maximum Gasteiger partial charge on any atom is 0.276 e. The molecule has 0 saturated carbocycles. The van der Waals surface area contributed by atoms with Crippen LogP contribution in [0, 0.1) is 21.4 Å². The summed E-state index contributed by atoms with van der Waals surface area (Å²) in [6, 6.07) is 3.53. The molecule has 1 aromatic carbocycles. The van der Waals surface area contributed by atoms with Gasteiger partial charge < -0.3 is 5.73 Å². The van der Waals surface area contributed by atoms with Gasteiger partial charge in [-0.2, -0.15) is 5.26 Å². The van der Waals surface area contributed by atoms with Crippen molar-refractivity contribution in [3.8, 4) is 6.07 Å². The Kier molecular flexibility index (Phi) is 3.67. The number of nitriles is 1. The van der Waals surface area contributed by atoms with Crippen LogP contribution in [0.1, 0.15) is 11.1 Å². The van der Waals surface area contributed by atoms with Crippen LogP contribution in [-0.4, -0.2) is 13.3 Å². The normalized spacial score (nSPS) is 10.9. The van der Waals surface area contributed by atoms with Crippen LogP contribution in [0.3, 0.4) is 0 Å². The maximum atomic E-state index is 11.2. The molecule has 1 aromatic rings. The minimum absolute atomic E-state index is 0.173. The third kappa shape index (κ3) is 2.71. The Balaban J connectivity index is 3.77. The predicted octanol–water partition coefficient (Wildman–Crippen LogP) is 0.853. The highest BCUT2D eigenvalue weighted by atomic mass is 35.7. The molecule has 0 aliphatic heterocycles. The van der Waals surface area contributed by atoms with Gasteiger partial charge in [0.15, 0.2) is 0 Å². The zero-order valence-electron chi connectivity index (χ0n) is 8.25. The summed E-state index contributed by atoms with van der Waals surface area (Å²) >= 11 is 0. The molecule has 7 nitrogen and oxygen atoms in total. The summed E-state index contributed by atoms with van der Waals surface area (Å²) in [6.07, 6.45) is 0. The molecule has 0 aromatic heterocycles. The summed E-state index contributed by atoms with van der Waals surface area (Å²) in [4.78, 5) is 9.41. The molecule has 0 unspecified atom stereocenters. The average Bonchev–Trinajstić information content (AvgIpc) is 2.25. The standard InChI is InChI=1S/C8H6ClN3O4S/c9-17(15,16)8-2-5(3-10)1-7(12(13)14)6(8)4-11/h1-2H,4,11H2. The summed E-state index contributed by atoms with van der Waals surface area (Å²) in [5, 5.41) is 19.4. The largest absolute Gasteiger partial charge is 0.326 e. The monoisotopic (exact) mass is 275 g/mol. The van der Waals surface area contributed by atoms with E-state index < -0.39 is 24.6 Å². The van der Waals surface area contributed by atoms with Crippen LogP contribution in [-0.2, 0) is 15.6 Å². The number of halogens is 1. The van der Waals surface area contributed by atoms with Crippen molar-refractivity contribution in [1.82, 2.24) is 0 Å². The van der Waals surface area contributed by atoms with E-state index in [1.165, 1.54) is 0 Å². The van der Waals surface area contributed by atoms with E-state index in [2.05, 4.69) is 0 Å². The number of rotatable bonds is 3. The summed E-state index contributed by atoms with van der Waals surface area (Å²) in [7, 11) is 0.935. The Hall–Kier alpha value is -1.69. The highest BCUT2D eigenvalue weighted by molar-refractivity contribution is 8.13. The molecular weight excluding hydrogens is 270 g/mol. The number of hydrogen-bond acceptors (Lipinski definition) is 6. The Morgan fingerprint density at radius 2 is 2.12 bits per heavy atom. The van der Waals surface area contributed by atoms with Crippen molar-refractivity contribution in [3.63, 3.8) is 0 Å². The van der Waals surface area contributed by atoms with Crippen molar-refractivity contribution in [2.45, 2.75) is 11.4 Å². The number of nitrogens with two attached hydrogens (primary N) is 1. The molecule has 90 valence electrons. The molecule has 9 heteroatoms. The van der Waals surface area contributed by atoms with E-state index in [0.717, 1.165) is 12.1 Å². The topological polar surface area (TPSA) is 127 Å². The van der Waals surface area contributed by atoms with E-state index in [-0.39, 0.29) is 17.7 Å². The van der Waals surface area contributed by atoms with Gasteiger partial charge in [0.2, 0.25) is 0 Å². The van der Waals surface area contributed by atoms with Gasteiger partial charge in [0.1, 0.15) is 0 Å². The molecular formula is C8H6ClN3O4S. The van der Waals surface area contributed by atoms with Crippen LogP contribution >= 0.6 is 10.7 Å². The van der Waals surface area contributed by atoms with Crippen LogP contribution in [0.4, 0.5) is 5.69 Å². The molecule has 0 fully saturated rings. The highest BCUT2D eigenvalue weighted by Crippen LogP contribution is 2.29. The molecule has 0 saturated heterocycles. The maximum absolute atomic E-state index is 11.2. The first kappa shape index (κ1) is 13.4. The molecule has 0 spiro atoms. The number of nitro groups is 1. The lowest BCUT2D eigenvalue weighted by molar-refractivity contribution is -0.385. The van der Waals surface area contributed by atoms with Crippen LogP contribution in [0.5, 0.6) is 0 Å². The zero-order chi connectivity index (χ0) is 13.2. The predicted molar refractivity (Wildman–Crippen MR) is 58.7 cm³/mol. The number of nitrogens with zero attached hydrogens (tertiary/aromatic N) is 2. The van der Waals surface area contributed by atoms with E-state index in [9.17, 15) is 18.5 Å². The molecule has 0 aliphatic carbocycles. The van der Waals surface area contributed by atoms with Gasteiger partial charge in [0.05, 0.1) is 27.0 Å². The van der Waals surface area contributed by atoms with Crippen molar-refractivity contribution < 1.29 is 13.3 Å². The summed E-state index contributed by atoms with van der Waals surface area (Å²) in [5.41, 5.74) is 4.34. The molecule has 0 radical (unpaired) electrons. The van der Waals surface area contributed by atoms with Crippen molar-refractivity contribution in [2.75, 3.05) is 0 Å². The van der Waals surface area contributed by atoms with Crippen molar-refractivity contribution in [3.05, 3.63) is 33.4 Å². The van der Waals surface area contributed by atoms with Gasteiger partial charge in [0, 0.05) is 23.3 Å². The second-order valence-electron chi connectivity index (χ2n) is 2.98. The summed E-state index contributed by atoms with van der Waals surface area (Å²) in [5.74, 6) is 0. The lowest BCUT2D eigenvalue weighted by atomic mass is 10.1. The molecule has 1 rings (SSSR count). The van der Waals surface area contributed by atoms with E-state index in [1.54, 1.807) is 6.07 Å². The number of nitro benzene ring substituents is 1. The fourth-order valence-corrected chi connectivity index (χ4v) is 2.44. The number of benzene rings is 1. The SMILES string of the molecule is N#Cc1cc([N+](=O)[O-])c(CN)c(S(=O)(=O)Cl)c1. The van der Waals surface area contributed by atoms with Crippen molar-refractivity contribution in [1.29, 1.82) is 5.26 Å². The first-order valence-corrected chi connectivity index (χ1v) is 6.48. The van der Waals surface area contributed by atoms with Crippen LogP contribution < -0.4 is 5.73 Å². The molecule has 0 bridgehead atoms. The second-order valence-corrected chi connectivity index (χ2v) is 5.52. The lowest BCUT2D eigenvalue weighted by Gasteiger charge is -2.05. The van der Waals surface area contributed by atoms with Gasteiger partial charge >= 0.3 is 0 Å². The quantitative estimate of drug-likeness (QED) is 0.495. The van der Waals surface area contributed by atoms with Gasteiger partial charge in [-0.1, -0.05) is 0 Å². The smallest absolute Gasteiger partial charge is 0.276 e. The van der Waals surface area contributed by atoms with E-state index in [0.29, 0.717) is 0 Å². The van der Waals surface area contributed by atoms with Crippen molar-refractivity contribution in [2.24, 2.45) is 5.73 Å². The van der Waals surface area contributed by atoms with Gasteiger partial charge in [-0.25, -0.2) is 8.42 Å². The Morgan fingerprint density at radius 1 is 1.53 bits per heavy atom. The fourth-order valence-electron chi connectivity index (χ4n) is 1.28. The third-order valence-electron chi connectivity index (χ3n) is 1.98. The summed E-state index contributed by atoms with van der Waals surface area (Å²) < 4.78 is 22.5. The van der Waals surface area contributed by atoms with Gasteiger partial charge in [0.25, 0.3) is 14.7 Å². The molecule has 0 heterocycles. The Morgan fingerprint density at radius 3 is 2.47 bits per heavy atom. The van der Waals surface area contributed by atoms with Crippen molar-refractivity contribution >= 4 is 25.4 Å². The first-order valence-electron chi connectivity index (χ1n) is 4.17. The average molecular weight is 276 g/mol. The first-order chi connectivity index (χ1) is 7.81. The Labute approximate surface area is 101 Å². The van der Waals surface area contributed by atoms with Gasteiger partial charge in [-0.15, -0.1) is 0 Å². The molecule has 0 atom stereocenters. The van der Waals surface area contributed by atoms with Crippen LogP contribution in [0.2, 0.25) is 0 Å². The van der Waals surface area contributed by atoms with Gasteiger partial charge in [-0.05, 0) is 6.07 Å². The van der Waals surface area contributed by atoms with Gasteiger partial charge in [-0.3, -0.25) is 10.1 Å². The minimum atomic E-state index is -4.20. The Bertz CT molecular complexity index is 620. The number of hydrogen-bond donors (Lipinski definition) is 1. The van der Waals surface area contributed by atoms with E-state index >= 15 is 0 Å². The van der Waals surface area contributed by atoms with Crippen LogP contribution in [0.15, 0.2) is 17.0 Å². The molecule has 0 aliphatic rings. The zero-order valence-corrected chi connectivity index (χ0v) is 9.83. The molecule has 0 amide bonds. The minimum Gasteiger partial charge on any atom is -0.326 e. The highest BCUT2D eigenvalue weighted by Gasteiger charge is 2.25. The van der Waals surface area contributed by atoms with E-state index in [1.807, 2.05) is 0 Å². The summed E-state index contributed by atoms with van der Waals surface area (Å²) in [6.45, 7) is -0.372. The van der Waals surface area contributed by atoms with Crippen LogP contribution in [0.25, 0.3) is 0 Å². The second kappa shape index (κ2) is 4.67.